The third kappa shape index (κ3) is 4.22. The normalized spacial score (nSPS) is 11.7. The zero-order chi connectivity index (χ0) is 15.9. The van der Waals surface area contributed by atoms with Crippen molar-refractivity contribution in [1.29, 1.82) is 0 Å². The van der Waals surface area contributed by atoms with E-state index in [2.05, 4.69) is 15.4 Å². The molecule has 0 aliphatic rings. The maximum atomic E-state index is 12.0. The lowest BCUT2D eigenvalue weighted by Gasteiger charge is -2.16. The molecule has 1 atom stereocenters. The summed E-state index contributed by atoms with van der Waals surface area (Å²) in [6.45, 7) is 0. The van der Waals surface area contributed by atoms with Gasteiger partial charge in [-0.3, -0.25) is 4.79 Å². The first-order chi connectivity index (χ1) is 10.6. The van der Waals surface area contributed by atoms with Crippen LogP contribution in [0, 0.1) is 0 Å². The lowest BCUT2D eigenvalue weighted by Crippen LogP contribution is -2.35. The molecule has 1 aromatic heterocycles. The molecule has 1 amide bonds. The van der Waals surface area contributed by atoms with Gasteiger partial charge in [-0.1, -0.05) is 42.1 Å². The van der Waals surface area contributed by atoms with E-state index in [1.807, 2.05) is 6.07 Å². The Morgan fingerprint density at radius 2 is 2.14 bits per heavy atom. The zero-order valence-electron chi connectivity index (χ0n) is 11.8. The standard InChI is InChI=1S/C13H15N5O3S/c1-21-12(20)11(9-5-3-2-4-6-9)16-10(19)7-22-13-15-8-18(14)17-13/h2-6,8,11H,7,14H2,1H3,(H,16,19)/t11-/m1/s1. The number of methoxy groups -OCH3 is 1. The molecule has 2 aromatic rings. The summed E-state index contributed by atoms with van der Waals surface area (Å²) in [7, 11) is 1.27. The first-order valence-corrected chi connectivity index (χ1v) is 7.30. The van der Waals surface area contributed by atoms with Gasteiger partial charge in [-0.05, 0) is 5.56 Å². The molecule has 0 radical (unpaired) electrons. The molecule has 1 heterocycles. The number of carbonyl (C=O) groups is 2. The Morgan fingerprint density at radius 3 is 2.73 bits per heavy atom. The number of hydrogen-bond donors (Lipinski definition) is 2. The van der Waals surface area contributed by atoms with Gasteiger partial charge in [-0.15, -0.1) is 5.10 Å². The van der Waals surface area contributed by atoms with E-state index in [4.69, 9.17) is 10.6 Å². The van der Waals surface area contributed by atoms with Crippen LogP contribution >= 0.6 is 11.8 Å². The molecule has 0 saturated heterocycles. The molecule has 0 fully saturated rings. The molecule has 0 aliphatic heterocycles. The van der Waals surface area contributed by atoms with Gasteiger partial charge < -0.3 is 15.9 Å². The summed E-state index contributed by atoms with van der Waals surface area (Å²) >= 11 is 1.12. The molecule has 8 nitrogen and oxygen atoms in total. The molecule has 0 aliphatic carbocycles. The predicted octanol–water partition coefficient (Wildman–Crippen LogP) is 0.115. The van der Waals surface area contributed by atoms with Crippen molar-refractivity contribution < 1.29 is 14.3 Å². The molecule has 0 unspecified atom stereocenters. The van der Waals surface area contributed by atoms with Crippen LogP contribution in [0.15, 0.2) is 41.8 Å². The highest BCUT2D eigenvalue weighted by molar-refractivity contribution is 7.99. The molecule has 22 heavy (non-hydrogen) atoms. The van der Waals surface area contributed by atoms with Gasteiger partial charge in [0.15, 0.2) is 6.04 Å². The molecule has 0 spiro atoms. The number of amides is 1. The highest BCUT2D eigenvalue weighted by Gasteiger charge is 2.23. The van der Waals surface area contributed by atoms with Crippen molar-refractivity contribution in [2.45, 2.75) is 11.2 Å². The number of nitrogens with two attached hydrogens (primary N) is 1. The van der Waals surface area contributed by atoms with Crippen LogP contribution in [-0.4, -0.2) is 39.6 Å². The number of ether oxygens (including phenoxy) is 1. The zero-order valence-corrected chi connectivity index (χ0v) is 12.6. The Bertz CT molecular complexity index is 646. The summed E-state index contributed by atoms with van der Waals surface area (Å²) in [6, 6.07) is 8.02. The van der Waals surface area contributed by atoms with Crippen LogP contribution < -0.4 is 11.2 Å². The van der Waals surface area contributed by atoms with Crippen LogP contribution in [-0.2, 0) is 14.3 Å². The van der Waals surface area contributed by atoms with Crippen LogP contribution in [0.25, 0.3) is 0 Å². The topological polar surface area (TPSA) is 112 Å². The lowest BCUT2D eigenvalue weighted by molar-refractivity contribution is -0.145. The van der Waals surface area contributed by atoms with Crippen LogP contribution in [0.4, 0.5) is 0 Å². The second-order valence-corrected chi connectivity index (χ2v) is 5.17. The van der Waals surface area contributed by atoms with E-state index in [0.717, 1.165) is 16.6 Å². The summed E-state index contributed by atoms with van der Waals surface area (Å²) in [5.74, 6) is 4.56. The maximum absolute atomic E-state index is 12.0. The van der Waals surface area contributed by atoms with Crippen LogP contribution in [0.2, 0.25) is 0 Å². The van der Waals surface area contributed by atoms with Gasteiger partial charge in [-0.25, -0.2) is 9.78 Å². The van der Waals surface area contributed by atoms with Gasteiger partial charge in [-0.2, -0.15) is 4.79 Å². The van der Waals surface area contributed by atoms with E-state index in [9.17, 15) is 9.59 Å². The Kier molecular flexibility index (Phi) is 5.37. The SMILES string of the molecule is COC(=O)[C@H](NC(=O)CSc1ncn(N)n1)c1ccccc1. The first kappa shape index (κ1) is 15.8. The Hall–Kier alpha value is -2.55. The van der Waals surface area contributed by atoms with Crippen molar-refractivity contribution in [3.63, 3.8) is 0 Å². The smallest absolute Gasteiger partial charge is 0.333 e. The van der Waals surface area contributed by atoms with Crippen molar-refractivity contribution in [3.05, 3.63) is 42.2 Å². The highest BCUT2D eigenvalue weighted by Crippen LogP contribution is 2.16. The number of aromatic nitrogens is 3. The monoisotopic (exact) mass is 321 g/mol. The second kappa shape index (κ2) is 7.46. The van der Waals surface area contributed by atoms with Gasteiger partial charge in [0.1, 0.15) is 6.33 Å². The summed E-state index contributed by atoms with van der Waals surface area (Å²) in [6.07, 6.45) is 1.33. The van der Waals surface area contributed by atoms with Gasteiger partial charge in [0.25, 0.3) is 0 Å². The molecule has 2 rings (SSSR count). The predicted molar refractivity (Wildman–Crippen MR) is 80.2 cm³/mol. The first-order valence-electron chi connectivity index (χ1n) is 6.32. The Morgan fingerprint density at radius 1 is 1.41 bits per heavy atom. The minimum Gasteiger partial charge on any atom is -0.467 e. The van der Waals surface area contributed by atoms with Crippen molar-refractivity contribution >= 4 is 23.6 Å². The largest absolute Gasteiger partial charge is 0.467 e. The van der Waals surface area contributed by atoms with E-state index in [-0.39, 0.29) is 11.7 Å². The molecule has 1 aromatic carbocycles. The summed E-state index contributed by atoms with van der Waals surface area (Å²) in [5.41, 5.74) is 0.650. The van der Waals surface area contributed by atoms with Crippen molar-refractivity contribution in [1.82, 2.24) is 20.2 Å². The molecule has 116 valence electrons. The van der Waals surface area contributed by atoms with E-state index < -0.39 is 12.0 Å². The van der Waals surface area contributed by atoms with Crippen molar-refractivity contribution in [3.8, 4) is 0 Å². The summed E-state index contributed by atoms with van der Waals surface area (Å²) < 4.78 is 4.73. The fourth-order valence-electron chi connectivity index (χ4n) is 1.70. The molecule has 3 N–H and O–H groups in total. The van der Waals surface area contributed by atoms with Crippen molar-refractivity contribution in [2.24, 2.45) is 0 Å². The van der Waals surface area contributed by atoms with Gasteiger partial charge in [0.2, 0.25) is 11.1 Å². The highest BCUT2D eigenvalue weighted by atomic mass is 32.2. The summed E-state index contributed by atoms with van der Waals surface area (Å²) in [5, 5.41) is 6.86. The van der Waals surface area contributed by atoms with E-state index >= 15 is 0 Å². The number of benzene rings is 1. The minimum absolute atomic E-state index is 0.0599. The quantitative estimate of drug-likeness (QED) is 0.441. The second-order valence-electron chi connectivity index (χ2n) is 4.23. The number of esters is 1. The van der Waals surface area contributed by atoms with Crippen LogP contribution in [0.5, 0.6) is 0 Å². The Balaban J connectivity index is 1.98. The lowest BCUT2D eigenvalue weighted by atomic mass is 10.1. The van der Waals surface area contributed by atoms with Crippen LogP contribution in [0.1, 0.15) is 11.6 Å². The summed E-state index contributed by atoms with van der Waals surface area (Å²) in [4.78, 5) is 28.8. The number of hydrogen-bond acceptors (Lipinski definition) is 7. The third-order valence-electron chi connectivity index (χ3n) is 2.69. The number of nitrogens with one attached hydrogen (secondary N) is 1. The molecule has 0 bridgehead atoms. The average molecular weight is 321 g/mol. The van der Waals surface area contributed by atoms with Crippen molar-refractivity contribution in [2.75, 3.05) is 18.7 Å². The van der Waals surface area contributed by atoms with Crippen LogP contribution in [0.3, 0.4) is 0 Å². The number of nitrogen functional groups attached to an aromatic ring is 1. The Labute approximate surface area is 131 Å². The number of carbonyl (C=O) groups excluding carboxylic acids is 2. The molecular formula is C13H15N5O3S. The van der Waals surface area contributed by atoms with Gasteiger partial charge in [0, 0.05) is 0 Å². The number of thioether (sulfide) groups is 1. The molecule has 9 heteroatoms. The molecular weight excluding hydrogens is 306 g/mol. The third-order valence-corrected chi connectivity index (χ3v) is 3.55. The maximum Gasteiger partial charge on any atom is 0.333 e. The average Bonchev–Trinajstić information content (AvgIpc) is 2.96. The number of rotatable bonds is 6. The van der Waals surface area contributed by atoms with Gasteiger partial charge in [0.05, 0.1) is 12.9 Å². The van der Waals surface area contributed by atoms with Gasteiger partial charge >= 0.3 is 5.97 Å². The fraction of sp³-hybridized carbons (Fsp3) is 0.231. The van der Waals surface area contributed by atoms with E-state index in [1.165, 1.54) is 13.4 Å². The number of nitrogens with zero attached hydrogens (tertiary/aromatic N) is 3. The fourth-order valence-corrected chi connectivity index (χ4v) is 2.32. The van der Waals surface area contributed by atoms with E-state index in [1.54, 1.807) is 24.3 Å². The minimum atomic E-state index is -0.848. The van der Waals surface area contributed by atoms with E-state index in [0.29, 0.717) is 10.7 Å². The molecule has 0 saturated carbocycles.